The quantitative estimate of drug-likeness (QED) is 0.609. The average Bonchev–Trinajstić information content (AvgIpc) is 2.69. The third-order valence-corrected chi connectivity index (χ3v) is 4.50. The first-order valence-electron chi connectivity index (χ1n) is 10.00. The van der Waals surface area contributed by atoms with Gasteiger partial charge in [0.2, 0.25) is 11.8 Å². The van der Waals surface area contributed by atoms with Gasteiger partial charge in [-0.1, -0.05) is 38.1 Å². The molecule has 0 aliphatic carbocycles. The van der Waals surface area contributed by atoms with Crippen molar-refractivity contribution in [2.24, 2.45) is 0 Å². The highest BCUT2D eigenvalue weighted by Crippen LogP contribution is 2.19. The zero-order chi connectivity index (χ0) is 20.2. The van der Waals surface area contributed by atoms with E-state index in [1.54, 1.807) is 0 Å². The second kappa shape index (κ2) is 12.0. The second-order valence-corrected chi connectivity index (χ2v) is 6.89. The Labute approximate surface area is 167 Å². The largest absolute Gasteiger partial charge is 0.492 e. The highest BCUT2D eigenvalue weighted by molar-refractivity contribution is 5.88. The molecule has 0 spiro atoms. The Hall–Kier alpha value is -2.54. The van der Waals surface area contributed by atoms with Gasteiger partial charge in [0.1, 0.15) is 18.4 Å². The zero-order valence-electron chi connectivity index (χ0n) is 16.7. The van der Waals surface area contributed by atoms with E-state index in [2.05, 4.69) is 33.9 Å². The first kappa shape index (κ1) is 21.8. The molecular weight excluding hydrogens is 356 g/mol. The number of hydrogen-bond acceptors (Lipinski definition) is 5. The fraction of sp³-hybridized carbons (Fsp3) is 0.524. The molecule has 1 heterocycles. The zero-order valence-corrected chi connectivity index (χ0v) is 16.7. The van der Waals surface area contributed by atoms with Crippen molar-refractivity contribution in [1.82, 2.24) is 21.3 Å². The van der Waals surface area contributed by atoms with Gasteiger partial charge in [-0.2, -0.15) is 0 Å². The van der Waals surface area contributed by atoms with Gasteiger partial charge >= 0.3 is 0 Å². The van der Waals surface area contributed by atoms with Crippen LogP contribution in [0.25, 0.3) is 0 Å². The number of benzene rings is 1. The van der Waals surface area contributed by atoms with Crippen molar-refractivity contribution in [3.05, 3.63) is 42.1 Å². The number of carbonyl (C=O) groups excluding carboxylic acids is 2. The van der Waals surface area contributed by atoms with Crippen LogP contribution in [-0.2, 0) is 16.0 Å². The van der Waals surface area contributed by atoms with Crippen LogP contribution in [0, 0.1) is 0 Å². The number of ether oxygens (including phenoxy) is 1. The number of fused-ring (bicyclic) bond motifs is 1. The molecule has 0 fully saturated rings. The molecule has 0 saturated carbocycles. The Morgan fingerprint density at radius 3 is 2.79 bits per heavy atom. The summed E-state index contributed by atoms with van der Waals surface area (Å²) in [6, 6.07) is 7.46. The van der Waals surface area contributed by atoms with Gasteiger partial charge in [0.05, 0.1) is 6.54 Å². The van der Waals surface area contributed by atoms with E-state index in [1.807, 2.05) is 25.1 Å². The smallest absolute Gasteiger partial charge is 0.242 e. The molecule has 1 aliphatic heterocycles. The fourth-order valence-electron chi connectivity index (χ4n) is 3.01. The summed E-state index contributed by atoms with van der Waals surface area (Å²) in [4.78, 5) is 24.6. The van der Waals surface area contributed by atoms with Crippen LogP contribution in [-0.4, -0.2) is 50.6 Å². The first-order valence-corrected chi connectivity index (χ1v) is 10.00. The van der Waals surface area contributed by atoms with E-state index in [0.717, 1.165) is 30.6 Å². The maximum Gasteiger partial charge on any atom is 0.242 e. The van der Waals surface area contributed by atoms with E-state index < -0.39 is 6.04 Å². The molecule has 7 nitrogen and oxygen atoms in total. The molecule has 4 N–H and O–H groups in total. The highest BCUT2D eigenvalue weighted by atomic mass is 16.5. The van der Waals surface area contributed by atoms with Gasteiger partial charge in [-0.15, -0.1) is 0 Å². The molecule has 1 aromatic rings. The van der Waals surface area contributed by atoms with Crippen molar-refractivity contribution in [3.63, 3.8) is 0 Å². The average molecular weight is 389 g/mol. The molecule has 1 aliphatic rings. The molecule has 0 aromatic heterocycles. The molecule has 1 aromatic carbocycles. The molecule has 2 amide bonds. The maximum atomic E-state index is 12.5. The molecule has 154 valence electrons. The molecule has 1 atom stereocenters. The Bertz CT molecular complexity index is 663. The molecule has 0 radical (unpaired) electrons. The van der Waals surface area contributed by atoms with Gasteiger partial charge in [-0.05, 0) is 30.9 Å². The van der Waals surface area contributed by atoms with E-state index in [4.69, 9.17) is 4.74 Å². The molecule has 0 saturated heterocycles. The lowest BCUT2D eigenvalue weighted by molar-refractivity contribution is -0.128. The van der Waals surface area contributed by atoms with E-state index in [-0.39, 0.29) is 18.4 Å². The number of para-hydroxylation sites is 1. The number of nitrogens with one attached hydrogen (secondary N) is 4. The van der Waals surface area contributed by atoms with Gasteiger partial charge in [-0.25, -0.2) is 0 Å². The lowest BCUT2D eigenvalue weighted by Gasteiger charge is -2.19. The summed E-state index contributed by atoms with van der Waals surface area (Å²) in [5.74, 6) is 0.527. The van der Waals surface area contributed by atoms with Crippen LogP contribution in [0.1, 0.15) is 31.7 Å². The summed E-state index contributed by atoms with van der Waals surface area (Å²) in [7, 11) is 0. The Kier molecular flexibility index (Phi) is 9.34. The van der Waals surface area contributed by atoms with Crippen molar-refractivity contribution in [1.29, 1.82) is 0 Å². The van der Waals surface area contributed by atoms with Crippen molar-refractivity contribution in [2.45, 2.75) is 38.6 Å². The van der Waals surface area contributed by atoms with E-state index >= 15 is 0 Å². The first-order chi connectivity index (χ1) is 13.6. The normalized spacial score (nSPS) is 20.5. The lowest BCUT2D eigenvalue weighted by Crippen LogP contribution is -2.49. The van der Waals surface area contributed by atoms with Crippen molar-refractivity contribution < 1.29 is 14.3 Å². The lowest BCUT2D eigenvalue weighted by atomic mass is 10.1. The molecule has 28 heavy (non-hydrogen) atoms. The van der Waals surface area contributed by atoms with Gasteiger partial charge in [0, 0.05) is 25.3 Å². The van der Waals surface area contributed by atoms with E-state index in [0.29, 0.717) is 38.4 Å². The monoisotopic (exact) mass is 388 g/mol. The third kappa shape index (κ3) is 7.60. The summed E-state index contributed by atoms with van der Waals surface area (Å²) in [5, 5.41) is 12.0. The number of rotatable bonds is 2. The Morgan fingerprint density at radius 1 is 1.14 bits per heavy atom. The molecule has 7 heteroatoms. The minimum Gasteiger partial charge on any atom is -0.492 e. The molecular formula is C21H32N4O3. The summed E-state index contributed by atoms with van der Waals surface area (Å²) in [6.07, 6.45) is 3.04. The Morgan fingerprint density at radius 2 is 1.96 bits per heavy atom. The van der Waals surface area contributed by atoms with Gasteiger partial charge < -0.3 is 26.0 Å². The van der Waals surface area contributed by atoms with Gasteiger partial charge in [0.15, 0.2) is 0 Å². The summed E-state index contributed by atoms with van der Waals surface area (Å²) in [5.41, 5.74) is 1.84. The minimum atomic E-state index is -0.514. The standard InChI is InChI=1S/C21H32N4O3/c1-3-7-18-21(27)23-11-6-9-17-8-4-5-10-19(17)28-13-12-22-14-16(2)24-15-20(26)25-18/h4-5,8,10,18,22,24H,2-3,6-7,9,11-15H2,1H3,(H,23,27)(H,25,26). The van der Waals surface area contributed by atoms with E-state index in [9.17, 15) is 9.59 Å². The van der Waals surface area contributed by atoms with E-state index in [1.165, 1.54) is 0 Å². The molecule has 1 unspecified atom stereocenters. The number of hydrogen-bond donors (Lipinski definition) is 4. The number of carbonyl (C=O) groups is 2. The highest BCUT2D eigenvalue weighted by Gasteiger charge is 2.19. The maximum absolute atomic E-state index is 12.5. The predicted octanol–water partition coefficient (Wildman–Crippen LogP) is 1.11. The van der Waals surface area contributed by atoms with Crippen LogP contribution in [0.15, 0.2) is 36.5 Å². The third-order valence-electron chi connectivity index (χ3n) is 4.50. The summed E-state index contributed by atoms with van der Waals surface area (Å²) >= 11 is 0. The topological polar surface area (TPSA) is 91.5 Å². The predicted molar refractivity (Wildman–Crippen MR) is 110 cm³/mol. The van der Waals surface area contributed by atoms with Crippen molar-refractivity contribution in [2.75, 3.05) is 32.8 Å². The van der Waals surface area contributed by atoms with Crippen LogP contribution < -0.4 is 26.0 Å². The number of amides is 2. The van der Waals surface area contributed by atoms with Crippen molar-refractivity contribution >= 4 is 11.8 Å². The van der Waals surface area contributed by atoms with Crippen LogP contribution in [0.3, 0.4) is 0 Å². The van der Waals surface area contributed by atoms with Gasteiger partial charge in [0.25, 0.3) is 0 Å². The van der Waals surface area contributed by atoms with Crippen LogP contribution >= 0.6 is 0 Å². The van der Waals surface area contributed by atoms with Crippen LogP contribution in [0.4, 0.5) is 0 Å². The Balaban J connectivity index is 2.02. The molecule has 0 bridgehead atoms. The van der Waals surface area contributed by atoms with Crippen molar-refractivity contribution in [3.8, 4) is 5.75 Å². The summed E-state index contributed by atoms with van der Waals surface area (Å²) in [6.45, 7) is 8.31. The second-order valence-electron chi connectivity index (χ2n) is 6.89. The molecule has 2 rings (SSSR count). The van der Waals surface area contributed by atoms with Crippen LogP contribution in [0.2, 0.25) is 0 Å². The SMILES string of the molecule is C=C1CNCCOc2ccccc2CCCNC(=O)C(CCC)NC(=O)CN1. The number of aryl methyl sites for hydroxylation is 1. The fourth-order valence-corrected chi connectivity index (χ4v) is 3.01. The van der Waals surface area contributed by atoms with Gasteiger partial charge in [-0.3, -0.25) is 9.59 Å². The van der Waals surface area contributed by atoms with Crippen LogP contribution in [0.5, 0.6) is 5.75 Å². The summed E-state index contributed by atoms with van der Waals surface area (Å²) < 4.78 is 5.89. The minimum absolute atomic E-state index is 0.0951.